The van der Waals surface area contributed by atoms with E-state index >= 15 is 0 Å². The van der Waals surface area contributed by atoms with Crippen molar-refractivity contribution in [3.8, 4) is 11.5 Å². The molecule has 0 aliphatic carbocycles. The van der Waals surface area contributed by atoms with Crippen molar-refractivity contribution >= 4 is 11.8 Å². The zero-order valence-electron chi connectivity index (χ0n) is 16.8. The minimum Gasteiger partial charge on any atom is -0.504 e. The first-order chi connectivity index (χ1) is 13.3. The summed E-state index contributed by atoms with van der Waals surface area (Å²) in [6.45, 7) is 6.37. The number of amides is 2. The van der Waals surface area contributed by atoms with E-state index in [0.29, 0.717) is 23.2 Å². The third-order valence-electron chi connectivity index (χ3n) is 4.60. The summed E-state index contributed by atoms with van der Waals surface area (Å²) >= 11 is 0. The Bertz CT molecular complexity index is 847. The van der Waals surface area contributed by atoms with E-state index in [1.54, 1.807) is 37.4 Å². The van der Waals surface area contributed by atoms with Crippen LogP contribution >= 0.6 is 0 Å². The molecule has 2 aromatic rings. The molecule has 0 aliphatic rings. The molecule has 28 heavy (non-hydrogen) atoms. The van der Waals surface area contributed by atoms with Crippen LogP contribution in [0.5, 0.6) is 11.5 Å². The Hall–Kier alpha value is -3.02. The van der Waals surface area contributed by atoms with Crippen LogP contribution in [0.4, 0.5) is 0 Å². The number of benzene rings is 2. The van der Waals surface area contributed by atoms with Gasteiger partial charge in [0.1, 0.15) is 0 Å². The van der Waals surface area contributed by atoms with Crippen LogP contribution in [0.2, 0.25) is 0 Å². The fraction of sp³-hybridized carbons (Fsp3) is 0.364. The number of nitrogens with one attached hydrogen (secondary N) is 1. The molecule has 0 aromatic heterocycles. The normalized spacial score (nSPS) is 10.8. The van der Waals surface area contributed by atoms with Crippen molar-refractivity contribution in [2.75, 3.05) is 13.6 Å². The van der Waals surface area contributed by atoms with Gasteiger partial charge in [-0.25, -0.2) is 0 Å². The fourth-order valence-electron chi connectivity index (χ4n) is 3.05. The first-order valence-electron chi connectivity index (χ1n) is 9.44. The Morgan fingerprint density at radius 3 is 2.32 bits per heavy atom. The van der Waals surface area contributed by atoms with Gasteiger partial charge in [-0.1, -0.05) is 39.0 Å². The van der Waals surface area contributed by atoms with Crippen molar-refractivity contribution in [3.63, 3.8) is 0 Å². The zero-order valence-corrected chi connectivity index (χ0v) is 16.8. The molecule has 2 rings (SSSR count). The van der Waals surface area contributed by atoms with Gasteiger partial charge in [-0.15, -0.1) is 0 Å². The van der Waals surface area contributed by atoms with Crippen molar-refractivity contribution < 1.29 is 19.8 Å². The monoisotopic (exact) mass is 384 g/mol. The lowest BCUT2D eigenvalue weighted by Gasteiger charge is -2.22. The molecule has 0 atom stereocenters. The Balaban J connectivity index is 2.34. The molecule has 0 radical (unpaired) electrons. The van der Waals surface area contributed by atoms with Crippen LogP contribution in [0.15, 0.2) is 36.4 Å². The molecule has 0 saturated carbocycles. The van der Waals surface area contributed by atoms with Crippen LogP contribution in [-0.4, -0.2) is 40.5 Å². The molecule has 150 valence electrons. The first-order valence-corrected chi connectivity index (χ1v) is 9.44. The summed E-state index contributed by atoms with van der Waals surface area (Å²) in [7, 11) is 1.67. The Labute approximate surface area is 165 Å². The molecule has 0 aliphatic heterocycles. The van der Waals surface area contributed by atoms with E-state index in [2.05, 4.69) is 5.32 Å². The van der Waals surface area contributed by atoms with Crippen molar-refractivity contribution in [2.24, 2.45) is 0 Å². The Morgan fingerprint density at radius 2 is 1.75 bits per heavy atom. The number of phenolic OH excluding ortho intramolecular Hbond substituents is 2. The maximum Gasteiger partial charge on any atom is 0.257 e. The van der Waals surface area contributed by atoms with Gasteiger partial charge in [-0.05, 0) is 36.1 Å². The minimum atomic E-state index is -0.442. The number of hydrogen-bond donors (Lipinski definition) is 3. The van der Waals surface area contributed by atoms with Crippen molar-refractivity contribution in [3.05, 3.63) is 58.7 Å². The molecular weight excluding hydrogens is 356 g/mol. The van der Waals surface area contributed by atoms with Crippen molar-refractivity contribution in [1.82, 2.24) is 10.2 Å². The average molecular weight is 384 g/mol. The third kappa shape index (κ3) is 4.63. The van der Waals surface area contributed by atoms with Gasteiger partial charge in [0.2, 0.25) is 0 Å². The van der Waals surface area contributed by atoms with Gasteiger partial charge in [0.15, 0.2) is 11.5 Å². The second-order valence-corrected chi connectivity index (χ2v) is 7.13. The van der Waals surface area contributed by atoms with E-state index in [1.165, 1.54) is 4.90 Å². The molecule has 0 spiro atoms. The molecule has 3 N–H and O–H groups in total. The second-order valence-electron chi connectivity index (χ2n) is 7.13. The minimum absolute atomic E-state index is 0.0338. The van der Waals surface area contributed by atoms with Crippen LogP contribution < -0.4 is 5.32 Å². The van der Waals surface area contributed by atoms with E-state index in [-0.39, 0.29) is 35.6 Å². The van der Waals surface area contributed by atoms with Gasteiger partial charge in [0.05, 0.1) is 5.56 Å². The summed E-state index contributed by atoms with van der Waals surface area (Å²) in [6, 6.07) is 10.4. The standard InChI is InChI=1S/C22H28N2O4/c1-5-11-24(4)22(28)18-17(14(2)3)12-16(19(25)20(18)26)13-23-21(27)15-9-7-6-8-10-15/h6-10,12,14,25-26H,5,11,13H2,1-4H3,(H,23,27). The predicted molar refractivity (Wildman–Crippen MR) is 109 cm³/mol. The molecule has 0 unspecified atom stereocenters. The van der Waals surface area contributed by atoms with Crippen molar-refractivity contribution in [1.29, 1.82) is 0 Å². The average Bonchev–Trinajstić information content (AvgIpc) is 2.68. The smallest absolute Gasteiger partial charge is 0.257 e. The SMILES string of the molecule is CCCN(C)C(=O)c1c(C(C)C)cc(CNC(=O)c2ccccc2)c(O)c1O. The Morgan fingerprint density at radius 1 is 1.11 bits per heavy atom. The van der Waals surface area contributed by atoms with Crippen LogP contribution in [0.1, 0.15) is 65.0 Å². The van der Waals surface area contributed by atoms with E-state index < -0.39 is 5.75 Å². The molecule has 2 amide bonds. The molecule has 0 saturated heterocycles. The number of carbonyl (C=O) groups excluding carboxylic acids is 2. The zero-order chi connectivity index (χ0) is 20.8. The van der Waals surface area contributed by atoms with E-state index in [9.17, 15) is 19.8 Å². The van der Waals surface area contributed by atoms with Gasteiger partial charge < -0.3 is 20.4 Å². The summed E-state index contributed by atoms with van der Waals surface area (Å²) in [4.78, 5) is 26.6. The van der Waals surface area contributed by atoms with E-state index in [4.69, 9.17) is 0 Å². The van der Waals surface area contributed by atoms with Crippen LogP contribution in [0.3, 0.4) is 0 Å². The van der Waals surface area contributed by atoms with Crippen LogP contribution in [0.25, 0.3) is 0 Å². The lowest BCUT2D eigenvalue weighted by Crippen LogP contribution is -2.29. The molecule has 6 heteroatoms. The van der Waals surface area contributed by atoms with Crippen molar-refractivity contribution in [2.45, 2.75) is 39.7 Å². The van der Waals surface area contributed by atoms with E-state index in [0.717, 1.165) is 6.42 Å². The predicted octanol–water partition coefficient (Wildman–Crippen LogP) is 3.63. The molecule has 0 fully saturated rings. The van der Waals surface area contributed by atoms with Gasteiger partial charge in [0, 0.05) is 31.3 Å². The number of carbonyl (C=O) groups is 2. The third-order valence-corrected chi connectivity index (χ3v) is 4.60. The second kappa shape index (κ2) is 9.26. The number of rotatable bonds is 7. The topological polar surface area (TPSA) is 89.9 Å². The number of hydrogen-bond acceptors (Lipinski definition) is 4. The summed E-state index contributed by atoms with van der Waals surface area (Å²) in [5.74, 6) is -1.50. The lowest BCUT2D eigenvalue weighted by atomic mass is 9.92. The lowest BCUT2D eigenvalue weighted by molar-refractivity contribution is 0.0789. The van der Waals surface area contributed by atoms with Gasteiger partial charge in [-0.2, -0.15) is 0 Å². The van der Waals surface area contributed by atoms with Crippen LogP contribution in [-0.2, 0) is 6.54 Å². The quantitative estimate of drug-likeness (QED) is 0.636. The molecule has 0 heterocycles. The first kappa shape index (κ1) is 21.3. The maximum absolute atomic E-state index is 12.8. The highest BCUT2D eigenvalue weighted by molar-refractivity contribution is 5.99. The molecular formula is C22H28N2O4. The van der Waals surface area contributed by atoms with E-state index in [1.807, 2.05) is 26.8 Å². The number of aromatic hydroxyl groups is 2. The largest absolute Gasteiger partial charge is 0.504 e. The molecule has 0 bridgehead atoms. The summed E-state index contributed by atoms with van der Waals surface area (Å²) in [5.41, 5.74) is 1.61. The van der Waals surface area contributed by atoms with Gasteiger partial charge >= 0.3 is 0 Å². The Kier molecular flexibility index (Phi) is 7.04. The highest BCUT2D eigenvalue weighted by Crippen LogP contribution is 2.38. The fourth-order valence-corrected chi connectivity index (χ4v) is 3.05. The number of phenols is 2. The molecule has 2 aromatic carbocycles. The summed E-state index contributed by atoms with van der Waals surface area (Å²) in [6.07, 6.45) is 0.787. The highest BCUT2D eigenvalue weighted by atomic mass is 16.3. The van der Waals surface area contributed by atoms with Gasteiger partial charge in [-0.3, -0.25) is 9.59 Å². The van der Waals surface area contributed by atoms with Gasteiger partial charge in [0.25, 0.3) is 11.8 Å². The maximum atomic E-state index is 12.8. The highest BCUT2D eigenvalue weighted by Gasteiger charge is 2.26. The van der Waals surface area contributed by atoms with Crippen LogP contribution in [0, 0.1) is 0 Å². The summed E-state index contributed by atoms with van der Waals surface area (Å²) < 4.78 is 0. The number of nitrogens with zero attached hydrogens (tertiary/aromatic N) is 1. The summed E-state index contributed by atoms with van der Waals surface area (Å²) in [5, 5.41) is 23.8. The molecule has 6 nitrogen and oxygen atoms in total.